The molecule has 1 aliphatic rings. The van der Waals surface area contributed by atoms with Gasteiger partial charge in [0.1, 0.15) is 0 Å². The molecule has 7 heteroatoms. The number of rotatable bonds is 5. The van der Waals surface area contributed by atoms with Crippen LogP contribution in [0.15, 0.2) is 28.7 Å². The summed E-state index contributed by atoms with van der Waals surface area (Å²) in [6.45, 7) is 2.70. The van der Waals surface area contributed by atoms with E-state index in [0.717, 1.165) is 30.4 Å². The maximum Gasteiger partial charge on any atom is 0.251 e. The molecule has 1 aromatic carbocycles. The summed E-state index contributed by atoms with van der Waals surface area (Å²) in [5.74, 6) is 0.0708. The number of piperidine rings is 1. The monoisotopic (exact) mass is 389 g/mol. The van der Waals surface area contributed by atoms with Gasteiger partial charge >= 0.3 is 0 Å². The van der Waals surface area contributed by atoms with Crippen molar-refractivity contribution in [2.24, 2.45) is 5.92 Å². The molecule has 1 aromatic rings. The molecule has 1 aliphatic heterocycles. The number of hydrogen-bond donors (Lipinski definition) is 3. The Morgan fingerprint density at radius 3 is 2.32 bits per heavy atom. The van der Waals surface area contributed by atoms with E-state index in [1.54, 1.807) is 12.1 Å². The van der Waals surface area contributed by atoms with Crippen LogP contribution in [0.3, 0.4) is 0 Å². The van der Waals surface area contributed by atoms with Gasteiger partial charge in [-0.05, 0) is 50.2 Å². The summed E-state index contributed by atoms with van der Waals surface area (Å²) in [6, 6.07) is 7.17. The minimum absolute atomic E-state index is 0. The topological polar surface area (TPSA) is 70.2 Å². The Bertz CT molecular complexity index is 490. The van der Waals surface area contributed by atoms with Crippen LogP contribution in [0.2, 0.25) is 0 Å². The normalized spacial score (nSPS) is 14.8. The van der Waals surface area contributed by atoms with Gasteiger partial charge in [0.25, 0.3) is 5.91 Å². The SMILES string of the molecule is Cl.O=C(NCCNC(=O)C1CCNCC1)c1ccc(Br)cc1. The molecule has 0 radical (unpaired) electrons. The van der Waals surface area contributed by atoms with E-state index in [1.807, 2.05) is 12.1 Å². The van der Waals surface area contributed by atoms with E-state index in [-0.39, 0.29) is 30.1 Å². The van der Waals surface area contributed by atoms with E-state index in [9.17, 15) is 9.59 Å². The molecule has 0 saturated carbocycles. The molecule has 2 amide bonds. The molecule has 3 N–H and O–H groups in total. The van der Waals surface area contributed by atoms with Crippen LogP contribution < -0.4 is 16.0 Å². The fourth-order valence-corrected chi connectivity index (χ4v) is 2.56. The van der Waals surface area contributed by atoms with Crippen molar-refractivity contribution >= 4 is 40.2 Å². The number of carbonyl (C=O) groups is 2. The molecule has 5 nitrogen and oxygen atoms in total. The maximum absolute atomic E-state index is 11.9. The summed E-state index contributed by atoms with van der Waals surface area (Å²) in [7, 11) is 0. The Labute approximate surface area is 145 Å². The largest absolute Gasteiger partial charge is 0.354 e. The predicted octanol–water partition coefficient (Wildman–Crippen LogP) is 1.72. The van der Waals surface area contributed by atoms with Gasteiger partial charge in [-0.2, -0.15) is 0 Å². The molecule has 0 atom stereocenters. The minimum Gasteiger partial charge on any atom is -0.354 e. The number of halogens is 2. The molecule has 1 heterocycles. The van der Waals surface area contributed by atoms with Crippen molar-refractivity contribution in [1.82, 2.24) is 16.0 Å². The lowest BCUT2D eigenvalue weighted by molar-refractivity contribution is -0.125. The highest BCUT2D eigenvalue weighted by Crippen LogP contribution is 2.11. The number of carbonyl (C=O) groups excluding carboxylic acids is 2. The average Bonchev–Trinajstić information content (AvgIpc) is 2.52. The van der Waals surface area contributed by atoms with Crippen LogP contribution in [0.5, 0.6) is 0 Å². The first-order valence-corrected chi connectivity index (χ1v) is 7.98. The van der Waals surface area contributed by atoms with Crippen molar-refractivity contribution < 1.29 is 9.59 Å². The van der Waals surface area contributed by atoms with Crippen molar-refractivity contribution in [3.05, 3.63) is 34.3 Å². The van der Waals surface area contributed by atoms with Crippen molar-refractivity contribution in [3.8, 4) is 0 Å². The summed E-state index contributed by atoms with van der Waals surface area (Å²) in [6.07, 6.45) is 1.77. The zero-order valence-corrected chi connectivity index (χ0v) is 14.6. The van der Waals surface area contributed by atoms with Crippen LogP contribution >= 0.6 is 28.3 Å². The van der Waals surface area contributed by atoms with E-state index in [1.165, 1.54) is 0 Å². The molecule has 1 fully saturated rings. The number of amides is 2. The van der Waals surface area contributed by atoms with Crippen LogP contribution in [0.25, 0.3) is 0 Å². The highest BCUT2D eigenvalue weighted by molar-refractivity contribution is 9.10. The standard InChI is InChI=1S/C15H20BrN3O2.ClH/c16-13-3-1-11(2-4-13)14(20)18-9-10-19-15(21)12-5-7-17-8-6-12;/h1-4,12,17H,5-10H2,(H,18,20)(H,19,21);1H. The molecule has 0 unspecified atom stereocenters. The molecular formula is C15H21BrClN3O2. The fraction of sp³-hybridized carbons (Fsp3) is 0.467. The molecule has 122 valence electrons. The van der Waals surface area contributed by atoms with Gasteiger partial charge in [-0.15, -0.1) is 12.4 Å². The highest BCUT2D eigenvalue weighted by atomic mass is 79.9. The number of benzene rings is 1. The zero-order chi connectivity index (χ0) is 15.1. The maximum atomic E-state index is 11.9. The first-order chi connectivity index (χ1) is 10.2. The summed E-state index contributed by atoms with van der Waals surface area (Å²) < 4.78 is 0.938. The first kappa shape index (κ1) is 18.9. The van der Waals surface area contributed by atoms with E-state index in [2.05, 4.69) is 31.9 Å². The fourth-order valence-electron chi connectivity index (χ4n) is 2.29. The Kier molecular flexibility index (Phi) is 8.45. The minimum atomic E-state index is -0.126. The van der Waals surface area contributed by atoms with Crippen LogP contribution in [0.4, 0.5) is 0 Å². The van der Waals surface area contributed by atoms with Crippen LogP contribution in [-0.2, 0) is 4.79 Å². The molecule has 0 spiro atoms. The molecule has 22 heavy (non-hydrogen) atoms. The second-order valence-electron chi connectivity index (χ2n) is 5.08. The van der Waals surface area contributed by atoms with Gasteiger partial charge in [-0.3, -0.25) is 9.59 Å². The third kappa shape index (κ3) is 5.94. The van der Waals surface area contributed by atoms with E-state index in [4.69, 9.17) is 0 Å². The molecule has 1 saturated heterocycles. The molecule has 2 rings (SSSR count). The highest BCUT2D eigenvalue weighted by Gasteiger charge is 2.20. The molecule has 0 aliphatic carbocycles. The number of nitrogens with one attached hydrogen (secondary N) is 3. The predicted molar refractivity (Wildman–Crippen MR) is 92.3 cm³/mol. The van der Waals surface area contributed by atoms with Crippen molar-refractivity contribution in [2.45, 2.75) is 12.8 Å². The Balaban J connectivity index is 0.00000242. The Morgan fingerprint density at radius 2 is 1.68 bits per heavy atom. The van der Waals surface area contributed by atoms with Gasteiger partial charge in [0, 0.05) is 29.0 Å². The van der Waals surface area contributed by atoms with Crippen molar-refractivity contribution in [3.63, 3.8) is 0 Å². The van der Waals surface area contributed by atoms with Gasteiger partial charge in [-0.1, -0.05) is 15.9 Å². The average molecular weight is 391 g/mol. The van der Waals surface area contributed by atoms with Gasteiger partial charge in [0.2, 0.25) is 5.91 Å². The van der Waals surface area contributed by atoms with Gasteiger partial charge < -0.3 is 16.0 Å². The van der Waals surface area contributed by atoms with Gasteiger partial charge in [0.15, 0.2) is 0 Å². The van der Waals surface area contributed by atoms with Crippen LogP contribution in [0.1, 0.15) is 23.2 Å². The smallest absolute Gasteiger partial charge is 0.251 e. The van der Waals surface area contributed by atoms with Crippen LogP contribution in [-0.4, -0.2) is 38.0 Å². The van der Waals surface area contributed by atoms with Crippen molar-refractivity contribution in [2.75, 3.05) is 26.2 Å². The van der Waals surface area contributed by atoms with Gasteiger partial charge in [-0.25, -0.2) is 0 Å². The second-order valence-corrected chi connectivity index (χ2v) is 5.99. The second kappa shape index (κ2) is 9.82. The van der Waals surface area contributed by atoms with E-state index < -0.39 is 0 Å². The summed E-state index contributed by atoms with van der Waals surface area (Å²) >= 11 is 3.33. The Hall–Kier alpha value is -1.11. The number of hydrogen-bond acceptors (Lipinski definition) is 3. The first-order valence-electron chi connectivity index (χ1n) is 7.19. The molecule has 0 aromatic heterocycles. The quantitative estimate of drug-likeness (QED) is 0.671. The lowest BCUT2D eigenvalue weighted by Gasteiger charge is -2.21. The van der Waals surface area contributed by atoms with Gasteiger partial charge in [0.05, 0.1) is 0 Å². The lowest BCUT2D eigenvalue weighted by atomic mass is 9.97. The van der Waals surface area contributed by atoms with Crippen LogP contribution in [0, 0.1) is 5.92 Å². The summed E-state index contributed by atoms with van der Waals surface area (Å²) in [5.41, 5.74) is 0.614. The summed E-state index contributed by atoms with van der Waals surface area (Å²) in [5, 5.41) is 8.91. The third-order valence-corrected chi connectivity index (χ3v) is 4.05. The Morgan fingerprint density at radius 1 is 1.09 bits per heavy atom. The molecule has 0 bridgehead atoms. The van der Waals surface area contributed by atoms with E-state index in [0.29, 0.717) is 18.7 Å². The zero-order valence-electron chi connectivity index (χ0n) is 12.2. The van der Waals surface area contributed by atoms with E-state index >= 15 is 0 Å². The summed E-state index contributed by atoms with van der Waals surface area (Å²) in [4.78, 5) is 23.7. The molecular weight excluding hydrogens is 370 g/mol. The van der Waals surface area contributed by atoms with Crippen molar-refractivity contribution in [1.29, 1.82) is 0 Å². The third-order valence-electron chi connectivity index (χ3n) is 3.53. The lowest BCUT2D eigenvalue weighted by Crippen LogP contribution is -2.41.